The van der Waals surface area contributed by atoms with E-state index in [0.717, 1.165) is 17.6 Å². The Morgan fingerprint density at radius 1 is 1.56 bits per heavy atom. The number of hydrogen-bond acceptors (Lipinski definition) is 3. The van der Waals surface area contributed by atoms with Crippen LogP contribution in [0.4, 0.5) is 0 Å². The third kappa shape index (κ3) is 2.10. The Hall–Kier alpha value is -1.49. The molecule has 1 saturated heterocycles. The molecule has 0 saturated carbocycles. The number of hydrogen-bond donors (Lipinski definition) is 1. The van der Waals surface area contributed by atoms with Gasteiger partial charge in [0.2, 0.25) is 0 Å². The standard InChI is InChI=1S/C13H14N2O2S/c16-13(17)10-1-2-12-11(5-10)14-8-15(12)6-9-3-4-18-7-9/h1-2,5,8-9H,3-4,6-7H2,(H,16,17). The summed E-state index contributed by atoms with van der Waals surface area (Å²) in [5.74, 6) is 2.28. The largest absolute Gasteiger partial charge is 0.478 e. The molecule has 94 valence electrons. The van der Waals surface area contributed by atoms with Gasteiger partial charge < -0.3 is 9.67 Å². The quantitative estimate of drug-likeness (QED) is 0.923. The van der Waals surface area contributed by atoms with E-state index < -0.39 is 5.97 Å². The lowest BCUT2D eigenvalue weighted by Gasteiger charge is -2.09. The predicted octanol–water partition coefficient (Wildman–Crippen LogP) is 2.49. The Labute approximate surface area is 109 Å². The van der Waals surface area contributed by atoms with Crippen molar-refractivity contribution in [1.82, 2.24) is 9.55 Å². The van der Waals surface area contributed by atoms with Crippen LogP contribution in [-0.4, -0.2) is 32.1 Å². The highest BCUT2D eigenvalue weighted by Gasteiger charge is 2.17. The number of aromatic nitrogens is 2. The van der Waals surface area contributed by atoms with Crippen LogP contribution in [0.2, 0.25) is 0 Å². The lowest BCUT2D eigenvalue weighted by molar-refractivity contribution is 0.0697. The van der Waals surface area contributed by atoms with Gasteiger partial charge >= 0.3 is 5.97 Å². The monoisotopic (exact) mass is 262 g/mol. The summed E-state index contributed by atoms with van der Waals surface area (Å²) >= 11 is 2.00. The van der Waals surface area contributed by atoms with Crippen LogP contribution in [0.3, 0.4) is 0 Å². The van der Waals surface area contributed by atoms with E-state index in [9.17, 15) is 4.79 Å². The molecule has 0 spiro atoms. The van der Waals surface area contributed by atoms with Gasteiger partial charge in [-0.25, -0.2) is 9.78 Å². The Balaban J connectivity index is 1.91. The average Bonchev–Trinajstić information content (AvgIpc) is 2.99. The molecule has 0 bridgehead atoms. The van der Waals surface area contributed by atoms with Gasteiger partial charge in [0.15, 0.2) is 0 Å². The lowest BCUT2D eigenvalue weighted by atomic mass is 10.1. The Kier molecular flexibility index (Phi) is 2.99. The summed E-state index contributed by atoms with van der Waals surface area (Å²) in [4.78, 5) is 15.2. The Bertz CT molecular complexity index is 588. The summed E-state index contributed by atoms with van der Waals surface area (Å²) < 4.78 is 2.14. The number of benzene rings is 1. The van der Waals surface area contributed by atoms with E-state index in [1.165, 1.54) is 17.9 Å². The topological polar surface area (TPSA) is 55.1 Å². The van der Waals surface area contributed by atoms with Crippen molar-refractivity contribution < 1.29 is 9.90 Å². The first-order valence-corrected chi connectivity index (χ1v) is 7.15. The predicted molar refractivity (Wildman–Crippen MR) is 72.1 cm³/mol. The number of fused-ring (bicyclic) bond motifs is 1. The van der Waals surface area contributed by atoms with E-state index in [1.807, 2.05) is 24.2 Å². The van der Waals surface area contributed by atoms with Crippen LogP contribution in [0.25, 0.3) is 11.0 Å². The van der Waals surface area contributed by atoms with Gasteiger partial charge in [-0.1, -0.05) is 0 Å². The average molecular weight is 262 g/mol. The van der Waals surface area contributed by atoms with Crippen LogP contribution in [-0.2, 0) is 6.54 Å². The zero-order valence-corrected chi connectivity index (χ0v) is 10.7. The van der Waals surface area contributed by atoms with E-state index in [1.54, 1.807) is 12.1 Å². The third-order valence-electron chi connectivity index (χ3n) is 3.35. The number of aromatic carboxylic acids is 1. The fourth-order valence-corrected chi connectivity index (χ4v) is 3.62. The number of imidazole rings is 1. The van der Waals surface area contributed by atoms with Gasteiger partial charge in [0.05, 0.1) is 22.9 Å². The molecule has 2 aromatic rings. The molecule has 0 aliphatic carbocycles. The molecule has 1 aliphatic rings. The number of carboxylic acid groups (broad SMARTS) is 1. The molecule has 2 heterocycles. The minimum absolute atomic E-state index is 0.296. The highest BCUT2D eigenvalue weighted by Crippen LogP contribution is 2.26. The molecular formula is C13H14N2O2S. The molecule has 1 fully saturated rings. The molecule has 1 aromatic carbocycles. The minimum atomic E-state index is -0.904. The zero-order valence-electron chi connectivity index (χ0n) is 9.87. The van der Waals surface area contributed by atoms with Crippen LogP contribution in [0.1, 0.15) is 16.8 Å². The van der Waals surface area contributed by atoms with Gasteiger partial charge in [0.1, 0.15) is 0 Å². The molecule has 18 heavy (non-hydrogen) atoms. The minimum Gasteiger partial charge on any atom is -0.478 e. The second kappa shape index (κ2) is 4.65. The Morgan fingerprint density at radius 3 is 3.17 bits per heavy atom. The molecule has 4 nitrogen and oxygen atoms in total. The van der Waals surface area contributed by atoms with Gasteiger partial charge in [0, 0.05) is 6.54 Å². The molecule has 1 N–H and O–H groups in total. The first-order chi connectivity index (χ1) is 8.74. The van der Waals surface area contributed by atoms with E-state index >= 15 is 0 Å². The van der Waals surface area contributed by atoms with Crippen LogP contribution < -0.4 is 0 Å². The van der Waals surface area contributed by atoms with Gasteiger partial charge in [-0.05, 0) is 42.0 Å². The van der Waals surface area contributed by atoms with Crippen molar-refractivity contribution >= 4 is 28.8 Å². The van der Waals surface area contributed by atoms with E-state index in [4.69, 9.17) is 5.11 Å². The summed E-state index contributed by atoms with van der Waals surface area (Å²) in [6.45, 7) is 0.982. The van der Waals surface area contributed by atoms with Crippen LogP contribution in [0.5, 0.6) is 0 Å². The number of rotatable bonds is 3. The fourth-order valence-electron chi connectivity index (χ4n) is 2.35. The molecule has 1 unspecified atom stereocenters. The highest BCUT2D eigenvalue weighted by atomic mass is 32.2. The molecule has 3 rings (SSSR count). The molecule has 1 atom stereocenters. The summed E-state index contributed by atoms with van der Waals surface area (Å²) in [6.07, 6.45) is 3.08. The maximum atomic E-state index is 10.9. The number of thioether (sulfide) groups is 1. The van der Waals surface area contributed by atoms with Crippen molar-refractivity contribution in [3.8, 4) is 0 Å². The normalized spacial score (nSPS) is 19.4. The van der Waals surface area contributed by atoms with E-state index in [-0.39, 0.29) is 0 Å². The first kappa shape index (κ1) is 11.6. The molecule has 5 heteroatoms. The van der Waals surface area contributed by atoms with Gasteiger partial charge in [-0.3, -0.25) is 0 Å². The summed E-state index contributed by atoms with van der Waals surface area (Å²) in [5, 5.41) is 8.94. The lowest BCUT2D eigenvalue weighted by Crippen LogP contribution is -2.08. The molecular weight excluding hydrogens is 248 g/mol. The SMILES string of the molecule is O=C(O)c1ccc2c(c1)ncn2CC1CCSC1. The smallest absolute Gasteiger partial charge is 0.335 e. The van der Waals surface area contributed by atoms with E-state index in [2.05, 4.69) is 9.55 Å². The fraction of sp³-hybridized carbons (Fsp3) is 0.385. The van der Waals surface area contributed by atoms with Crippen LogP contribution in [0, 0.1) is 5.92 Å². The Morgan fingerprint density at radius 2 is 2.44 bits per heavy atom. The van der Waals surface area contributed by atoms with Crippen molar-refractivity contribution in [3.63, 3.8) is 0 Å². The maximum Gasteiger partial charge on any atom is 0.335 e. The van der Waals surface area contributed by atoms with Gasteiger partial charge in [-0.15, -0.1) is 0 Å². The molecule has 1 aromatic heterocycles. The van der Waals surface area contributed by atoms with Crippen LogP contribution >= 0.6 is 11.8 Å². The maximum absolute atomic E-state index is 10.9. The number of nitrogens with zero attached hydrogens (tertiary/aromatic N) is 2. The molecule has 0 amide bonds. The first-order valence-electron chi connectivity index (χ1n) is 6.00. The van der Waals surface area contributed by atoms with Gasteiger partial charge in [-0.2, -0.15) is 11.8 Å². The number of carbonyl (C=O) groups is 1. The molecule has 0 radical (unpaired) electrons. The van der Waals surface area contributed by atoms with E-state index in [0.29, 0.717) is 11.5 Å². The highest BCUT2D eigenvalue weighted by molar-refractivity contribution is 7.99. The van der Waals surface area contributed by atoms with Crippen LogP contribution in [0.15, 0.2) is 24.5 Å². The van der Waals surface area contributed by atoms with Crippen molar-refractivity contribution in [2.75, 3.05) is 11.5 Å². The summed E-state index contributed by atoms with van der Waals surface area (Å²) in [5.41, 5.74) is 2.08. The van der Waals surface area contributed by atoms with Crippen molar-refractivity contribution in [1.29, 1.82) is 0 Å². The molecule has 1 aliphatic heterocycles. The van der Waals surface area contributed by atoms with Crippen molar-refractivity contribution in [2.45, 2.75) is 13.0 Å². The second-order valence-electron chi connectivity index (χ2n) is 4.64. The summed E-state index contributed by atoms with van der Waals surface area (Å²) in [6, 6.07) is 5.14. The van der Waals surface area contributed by atoms with Crippen molar-refractivity contribution in [3.05, 3.63) is 30.1 Å². The second-order valence-corrected chi connectivity index (χ2v) is 5.79. The third-order valence-corrected chi connectivity index (χ3v) is 4.58. The van der Waals surface area contributed by atoms with Gasteiger partial charge in [0.25, 0.3) is 0 Å². The zero-order chi connectivity index (χ0) is 12.5. The van der Waals surface area contributed by atoms with Crippen molar-refractivity contribution in [2.24, 2.45) is 5.92 Å². The summed E-state index contributed by atoms with van der Waals surface area (Å²) in [7, 11) is 0. The number of carboxylic acids is 1.